The standard InChI is InChI=1S/C25H39N3O3/c1-3-22(29)12-8-5-9-13-23(27-24(30)21-15-18-28(2)19-16-21)25(31)26-17-14-20-10-6-4-7-11-20/h4,6-7,10-11,21,23H,3,5,8-9,12-19H2,1-2H3,(H,26,31)(H,27,30)/t23-/m0/s1. The second-order valence-corrected chi connectivity index (χ2v) is 8.66. The first-order chi connectivity index (χ1) is 15.0. The molecular weight excluding hydrogens is 390 g/mol. The number of benzene rings is 1. The second-order valence-electron chi connectivity index (χ2n) is 8.66. The number of hydrogen-bond donors (Lipinski definition) is 2. The Kier molecular flexibility index (Phi) is 11.3. The third-order valence-corrected chi connectivity index (χ3v) is 6.12. The smallest absolute Gasteiger partial charge is 0.242 e. The minimum Gasteiger partial charge on any atom is -0.354 e. The van der Waals surface area contributed by atoms with Gasteiger partial charge in [0.05, 0.1) is 0 Å². The van der Waals surface area contributed by atoms with Gasteiger partial charge in [0.25, 0.3) is 0 Å². The molecule has 0 aromatic heterocycles. The number of likely N-dealkylation sites (tertiary alicyclic amines) is 1. The molecule has 1 aromatic rings. The molecule has 2 amide bonds. The van der Waals surface area contributed by atoms with Crippen molar-refractivity contribution < 1.29 is 14.4 Å². The zero-order valence-corrected chi connectivity index (χ0v) is 19.2. The lowest BCUT2D eigenvalue weighted by atomic mass is 9.95. The molecule has 1 heterocycles. The van der Waals surface area contributed by atoms with Crippen molar-refractivity contribution in [3.63, 3.8) is 0 Å². The molecule has 1 aliphatic heterocycles. The van der Waals surface area contributed by atoms with Crippen LogP contribution in [0.5, 0.6) is 0 Å². The Hall–Kier alpha value is -2.21. The molecule has 6 heteroatoms. The first-order valence-corrected chi connectivity index (χ1v) is 11.8. The summed E-state index contributed by atoms with van der Waals surface area (Å²) in [5.41, 5.74) is 1.18. The first kappa shape index (κ1) is 25.1. The molecule has 1 atom stereocenters. The molecule has 1 aromatic carbocycles. The fourth-order valence-corrected chi connectivity index (χ4v) is 3.95. The maximum atomic E-state index is 12.8. The molecule has 0 radical (unpaired) electrons. The van der Waals surface area contributed by atoms with E-state index in [2.05, 4.69) is 22.6 Å². The summed E-state index contributed by atoms with van der Waals surface area (Å²) in [5.74, 6) is 0.156. The van der Waals surface area contributed by atoms with Crippen molar-refractivity contribution in [1.29, 1.82) is 0 Å². The zero-order chi connectivity index (χ0) is 22.5. The highest BCUT2D eigenvalue weighted by Crippen LogP contribution is 2.17. The highest BCUT2D eigenvalue weighted by molar-refractivity contribution is 5.88. The largest absolute Gasteiger partial charge is 0.354 e. The van der Waals surface area contributed by atoms with Crippen LogP contribution in [-0.4, -0.2) is 55.2 Å². The van der Waals surface area contributed by atoms with Crippen LogP contribution in [0.2, 0.25) is 0 Å². The number of carbonyl (C=O) groups is 3. The van der Waals surface area contributed by atoms with Crippen molar-refractivity contribution in [2.24, 2.45) is 5.92 Å². The number of nitrogens with zero attached hydrogens (tertiary/aromatic N) is 1. The minimum atomic E-state index is -0.509. The van der Waals surface area contributed by atoms with Gasteiger partial charge in [0, 0.05) is 25.3 Å². The number of hydrogen-bond acceptors (Lipinski definition) is 4. The van der Waals surface area contributed by atoms with Crippen LogP contribution < -0.4 is 10.6 Å². The highest BCUT2D eigenvalue weighted by atomic mass is 16.2. The average Bonchev–Trinajstić information content (AvgIpc) is 2.78. The molecule has 172 valence electrons. The third-order valence-electron chi connectivity index (χ3n) is 6.12. The van der Waals surface area contributed by atoms with Crippen molar-refractivity contribution in [3.05, 3.63) is 35.9 Å². The van der Waals surface area contributed by atoms with E-state index in [1.807, 2.05) is 37.3 Å². The molecule has 0 spiro atoms. The molecule has 6 nitrogen and oxygen atoms in total. The maximum absolute atomic E-state index is 12.8. The summed E-state index contributed by atoms with van der Waals surface area (Å²) in [5, 5.41) is 6.02. The van der Waals surface area contributed by atoms with Crippen LogP contribution >= 0.6 is 0 Å². The van der Waals surface area contributed by atoms with Gasteiger partial charge in [-0.05, 0) is 57.8 Å². The number of Topliss-reactive ketones (excluding diaryl/α,β-unsaturated/α-hetero) is 1. The number of ketones is 1. The Morgan fingerprint density at radius 1 is 1.06 bits per heavy atom. The van der Waals surface area contributed by atoms with Crippen molar-refractivity contribution in [2.75, 3.05) is 26.7 Å². The summed E-state index contributed by atoms with van der Waals surface area (Å²) in [6.45, 7) is 4.26. The predicted molar refractivity (Wildman–Crippen MR) is 124 cm³/mol. The van der Waals surface area contributed by atoms with E-state index in [1.165, 1.54) is 5.56 Å². The monoisotopic (exact) mass is 429 g/mol. The summed E-state index contributed by atoms with van der Waals surface area (Å²) < 4.78 is 0. The number of piperidine rings is 1. The van der Waals surface area contributed by atoms with Gasteiger partial charge in [-0.2, -0.15) is 0 Å². The normalized spacial score (nSPS) is 15.9. The molecule has 0 bridgehead atoms. The Morgan fingerprint density at radius 2 is 1.77 bits per heavy atom. The van der Waals surface area contributed by atoms with Crippen LogP contribution in [0.1, 0.15) is 63.9 Å². The Bertz CT molecular complexity index is 685. The molecule has 0 saturated carbocycles. The number of unbranched alkanes of at least 4 members (excludes halogenated alkanes) is 2. The molecule has 2 rings (SSSR count). The number of amides is 2. The van der Waals surface area contributed by atoms with Gasteiger partial charge >= 0.3 is 0 Å². The number of carbonyl (C=O) groups excluding carboxylic acids is 3. The summed E-state index contributed by atoms with van der Waals surface area (Å²) in [7, 11) is 2.07. The molecule has 31 heavy (non-hydrogen) atoms. The molecular formula is C25H39N3O3. The number of rotatable bonds is 13. The van der Waals surface area contributed by atoms with Gasteiger partial charge in [0.15, 0.2) is 0 Å². The third kappa shape index (κ3) is 9.64. The van der Waals surface area contributed by atoms with Crippen LogP contribution in [0.25, 0.3) is 0 Å². The second kappa shape index (κ2) is 14.0. The van der Waals surface area contributed by atoms with E-state index in [-0.39, 0.29) is 23.5 Å². The minimum absolute atomic E-state index is 0.00234. The van der Waals surface area contributed by atoms with Gasteiger partial charge in [0.1, 0.15) is 11.8 Å². The van der Waals surface area contributed by atoms with Crippen LogP contribution in [0.15, 0.2) is 30.3 Å². The summed E-state index contributed by atoms with van der Waals surface area (Å²) in [6.07, 6.45) is 6.79. The van der Waals surface area contributed by atoms with Crippen molar-refractivity contribution in [1.82, 2.24) is 15.5 Å². The van der Waals surface area contributed by atoms with Crippen LogP contribution in [0, 0.1) is 5.92 Å². The van der Waals surface area contributed by atoms with Gasteiger partial charge in [-0.3, -0.25) is 14.4 Å². The van der Waals surface area contributed by atoms with E-state index in [1.54, 1.807) is 0 Å². The Balaban J connectivity index is 1.83. The Morgan fingerprint density at radius 3 is 2.45 bits per heavy atom. The molecule has 1 aliphatic rings. The first-order valence-electron chi connectivity index (χ1n) is 11.8. The van der Waals surface area contributed by atoms with E-state index in [9.17, 15) is 14.4 Å². The van der Waals surface area contributed by atoms with E-state index >= 15 is 0 Å². The van der Waals surface area contributed by atoms with E-state index in [0.29, 0.717) is 25.8 Å². The topological polar surface area (TPSA) is 78.5 Å². The van der Waals surface area contributed by atoms with Crippen LogP contribution in [0.4, 0.5) is 0 Å². The fraction of sp³-hybridized carbons (Fsp3) is 0.640. The fourth-order valence-electron chi connectivity index (χ4n) is 3.95. The van der Waals surface area contributed by atoms with Gasteiger partial charge in [-0.15, -0.1) is 0 Å². The molecule has 0 unspecified atom stereocenters. The van der Waals surface area contributed by atoms with E-state index in [0.717, 1.165) is 51.6 Å². The predicted octanol–water partition coefficient (Wildman–Crippen LogP) is 3.10. The van der Waals surface area contributed by atoms with Crippen molar-refractivity contribution in [3.8, 4) is 0 Å². The quantitative estimate of drug-likeness (QED) is 0.472. The van der Waals surface area contributed by atoms with E-state index in [4.69, 9.17) is 0 Å². The molecule has 1 fully saturated rings. The SMILES string of the molecule is CCC(=O)CCCCC[C@H](NC(=O)C1CCN(C)CC1)C(=O)NCCc1ccccc1. The lowest BCUT2D eigenvalue weighted by molar-refractivity contribution is -0.132. The van der Waals surface area contributed by atoms with Gasteiger partial charge in [-0.1, -0.05) is 50.1 Å². The Labute approximate surface area is 187 Å². The highest BCUT2D eigenvalue weighted by Gasteiger charge is 2.27. The van der Waals surface area contributed by atoms with Crippen molar-refractivity contribution in [2.45, 2.75) is 70.8 Å². The molecule has 0 aliphatic carbocycles. The molecule has 2 N–H and O–H groups in total. The zero-order valence-electron chi connectivity index (χ0n) is 19.2. The average molecular weight is 430 g/mol. The summed E-state index contributed by atoms with van der Waals surface area (Å²) >= 11 is 0. The maximum Gasteiger partial charge on any atom is 0.242 e. The number of nitrogens with one attached hydrogen (secondary N) is 2. The van der Waals surface area contributed by atoms with Crippen molar-refractivity contribution >= 4 is 17.6 Å². The molecule has 1 saturated heterocycles. The van der Waals surface area contributed by atoms with E-state index < -0.39 is 6.04 Å². The van der Waals surface area contributed by atoms with Gasteiger partial charge in [0.2, 0.25) is 11.8 Å². The van der Waals surface area contributed by atoms with Gasteiger partial charge < -0.3 is 15.5 Å². The lowest BCUT2D eigenvalue weighted by Crippen LogP contribution is -2.50. The summed E-state index contributed by atoms with van der Waals surface area (Å²) in [6, 6.07) is 9.54. The summed E-state index contributed by atoms with van der Waals surface area (Å²) in [4.78, 5) is 39.3. The van der Waals surface area contributed by atoms with Gasteiger partial charge in [-0.25, -0.2) is 0 Å². The van der Waals surface area contributed by atoms with Crippen LogP contribution in [0.3, 0.4) is 0 Å². The lowest BCUT2D eigenvalue weighted by Gasteiger charge is -2.29. The van der Waals surface area contributed by atoms with Crippen LogP contribution in [-0.2, 0) is 20.8 Å².